The summed E-state index contributed by atoms with van der Waals surface area (Å²) in [7, 11) is 0. The van der Waals surface area contributed by atoms with Crippen LogP contribution in [0, 0.1) is 5.92 Å². The molecule has 3 heteroatoms. The van der Waals surface area contributed by atoms with Crippen molar-refractivity contribution in [3.8, 4) is 0 Å². The maximum absolute atomic E-state index is 10.7. The Morgan fingerprint density at radius 2 is 1.87 bits per heavy atom. The minimum atomic E-state index is -0.296. The predicted octanol–water partition coefficient (Wildman–Crippen LogP) is 4.53. The molecule has 0 unspecified atom stereocenters. The van der Waals surface area contributed by atoms with Crippen molar-refractivity contribution in [2.24, 2.45) is 10.9 Å². The van der Waals surface area contributed by atoms with Gasteiger partial charge in [-0.3, -0.25) is 0 Å². The van der Waals surface area contributed by atoms with Gasteiger partial charge in [0.2, 0.25) is 6.08 Å². The Morgan fingerprint density at radius 3 is 2.61 bits per heavy atom. The molecule has 2 aromatic carbocycles. The van der Waals surface area contributed by atoms with E-state index in [1.807, 2.05) is 0 Å². The van der Waals surface area contributed by atoms with Gasteiger partial charge in [0.1, 0.15) is 0 Å². The first-order chi connectivity index (χ1) is 11.3. The van der Waals surface area contributed by atoms with E-state index in [1.54, 1.807) is 6.08 Å². The van der Waals surface area contributed by atoms with Crippen LogP contribution in [0.5, 0.6) is 0 Å². The number of aromatic nitrogens is 1. The molecule has 0 amide bonds. The highest BCUT2D eigenvalue weighted by molar-refractivity contribution is 6.08. The van der Waals surface area contributed by atoms with Crippen LogP contribution in [0.2, 0.25) is 0 Å². The van der Waals surface area contributed by atoms with Gasteiger partial charge < -0.3 is 4.57 Å². The van der Waals surface area contributed by atoms with Crippen LogP contribution in [0.15, 0.2) is 47.5 Å². The van der Waals surface area contributed by atoms with Crippen molar-refractivity contribution in [1.29, 1.82) is 0 Å². The van der Waals surface area contributed by atoms with Gasteiger partial charge in [0.05, 0.1) is 5.54 Å². The van der Waals surface area contributed by atoms with Gasteiger partial charge in [0.15, 0.2) is 0 Å². The molecule has 114 valence electrons. The van der Waals surface area contributed by atoms with E-state index < -0.39 is 0 Å². The number of hydrogen-bond acceptors (Lipinski definition) is 2. The van der Waals surface area contributed by atoms with Gasteiger partial charge in [-0.25, -0.2) is 4.79 Å². The quantitative estimate of drug-likeness (QED) is 0.515. The van der Waals surface area contributed by atoms with E-state index >= 15 is 0 Å². The molecule has 5 rings (SSSR count). The molecule has 0 aliphatic heterocycles. The molecule has 0 radical (unpaired) electrons. The molecule has 0 saturated heterocycles. The minimum absolute atomic E-state index is 0.296. The molecule has 2 saturated carbocycles. The van der Waals surface area contributed by atoms with E-state index in [-0.39, 0.29) is 5.54 Å². The summed E-state index contributed by atoms with van der Waals surface area (Å²) in [4.78, 5) is 14.8. The van der Waals surface area contributed by atoms with E-state index in [2.05, 4.69) is 52.0 Å². The topological polar surface area (TPSA) is 34.4 Å². The first-order valence-electron chi connectivity index (χ1n) is 8.41. The van der Waals surface area contributed by atoms with Crippen LogP contribution in [0.4, 0.5) is 0 Å². The van der Waals surface area contributed by atoms with Crippen molar-refractivity contribution in [1.82, 2.24) is 4.57 Å². The third-order valence-corrected chi connectivity index (χ3v) is 5.43. The number of para-hydroxylation sites is 1. The molecular formula is C20H18N2O. The summed E-state index contributed by atoms with van der Waals surface area (Å²) in [6.45, 7) is 1.11. The van der Waals surface area contributed by atoms with Gasteiger partial charge in [-0.05, 0) is 55.4 Å². The van der Waals surface area contributed by atoms with E-state index in [1.165, 1.54) is 34.6 Å². The Morgan fingerprint density at radius 1 is 1.09 bits per heavy atom. The third-order valence-electron chi connectivity index (χ3n) is 5.43. The maximum atomic E-state index is 10.7. The van der Waals surface area contributed by atoms with Gasteiger partial charge in [-0.2, -0.15) is 4.99 Å². The average Bonchev–Trinajstić information content (AvgIpc) is 3.49. The summed E-state index contributed by atoms with van der Waals surface area (Å²) >= 11 is 0. The minimum Gasteiger partial charge on any atom is -0.340 e. The Hall–Kier alpha value is -2.38. The number of aliphatic imine (C=N–C) groups is 1. The zero-order valence-electron chi connectivity index (χ0n) is 13.0. The molecule has 2 fully saturated rings. The van der Waals surface area contributed by atoms with Gasteiger partial charge in [0, 0.05) is 28.4 Å². The van der Waals surface area contributed by atoms with E-state index in [4.69, 9.17) is 0 Å². The summed E-state index contributed by atoms with van der Waals surface area (Å²) in [5.41, 5.74) is 3.47. The first-order valence-corrected chi connectivity index (χ1v) is 8.41. The second-order valence-electron chi connectivity index (χ2n) is 7.04. The average molecular weight is 302 g/mol. The smallest absolute Gasteiger partial charge is 0.235 e. The van der Waals surface area contributed by atoms with Crippen molar-refractivity contribution >= 4 is 27.9 Å². The maximum Gasteiger partial charge on any atom is 0.235 e. The largest absolute Gasteiger partial charge is 0.340 e. The van der Waals surface area contributed by atoms with Crippen LogP contribution in [-0.4, -0.2) is 10.6 Å². The van der Waals surface area contributed by atoms with Crippen molar-refractivity contribution in [2.45, 2.75) is 37.8 Å². The van der Waals surface area contributed by atoms with Gasteiger partial charge >= 0.3 is 0 Å². The monoisotopic (exact) mass is 302 g/mol. The zero-order valence-corrected chi connectivity index (χ0v) is 13.0. The highest BCUT2D eigenvalue weighted by atomic mass is 16.1. The lowest BCUT2D eigenvalue weighted by Crippen LogP contribution is -2.02. The van der Waals surface area contributed by atoms with E-state index in [0.29, 0.717) is 0 Å². The molecule has 0 spiro atoms. The Labute approximate surface area is 134 Å². The summed E-state index contributed by atoms with van der Waals surface area (Å²) in [6, 6.07) is 15.2. The summed E-state index contributed by atoms with van der Waals surface area (Å²) in [5.74, 6) is 0.836. The lowest BCUT2D eigenvalue weighted by Gasteiger charge is -2.09. The van der Waals surface area contributed by atoms with Crippen LogP contribution in [0.25, 0.3) is 21.8 Å². The number of fused-ring (bicyclic) bond motifs is 3. The van der Waals surface area contributed by atoms with Crippen LogP contribution < -0.4 is 0 Å². The molecule has 0 atom stereocenters. The summed E-state index contributed by atoms with van der Waals surface area (Å²) in [6.07, 6.45) is 6.37. The number of hydrogen-bond donors (Lipinski definition) is 0. The molecule has 3 nitrogen and oxygen atoms in total. The number of rotatable bonds is 4. The Kier molecular flexibility index (Phi) is 2.60. The molecule has 23 heavy (non-hydrogen) atoms. The van der Waals surface area contributed by atoms with E-state index in [0.717, 1.165) is 30.9 Å². The van der Waals surface area contributed by atoms with Crippen LogP contribution in [0.1, 0.15) is 31.2 Å². The fourth-order valence-electron chi connectivity index (χ4n) is 3.77. The van der Waals surface area contributed by atoms with Gasteiger partial charge in [0.25, 0.3) is 0 Å². The Bertz CT molecular complexity index is 970. The molecule has 3 aromatic rings. The van der Waals surface area contributed by atoms with Crippen molar-refractivity contribution in [3.63, 3.8) is 0 Å². The summed E-state index contributed by atoms with van der Waals surface area (Å²) in [5, 5.41) is 2.59. The van der Waals surface area contributed by atoms with Gasteiger partial charge in [-0.1, -0.05) is 24.3 Å². The molecule has 0 N–H and O–H groups in total. The molecule has 1 aromatic heterocycles. The number of benzene rings is 2. The van der Waals surface area contributed by atoms with E-state index in [9.17, 15) is 4.79 Å². The zero-order chi connectivity index (χ0) is 15.4. The van der Waals surface area contributed by atoms with Gasteiger partial charge in [-0.15, -0.1) is 0 Å². The molecule has 1 heterocycles. The fourth-order valence-corrected chi connectivity index (χ4v) is 3.77. The highest BCUT2D eigenvalue weighted by Gasteiger charge is 2.45. The normalized spacial score (nSPS) is 19.0. The molecule has 2 aliphatic carbocycles. The second-order valence-corrected chi connectivity index (χ2v) is 7.04. The number of carbonyl (C=O) groups excluding carboxylic acids is 1. The molecule has 0 bridgehead atoms. The summed E-state index contributed by atoms with van der Waals surface area (Å²) < 4.78 is 2.47. The van der Waals surface area contributed by atoms with Crippen LogP contribution in [0.3, 0.4) is 0 Å². The van der Waals surface area contributed by atoms with Crippen LogP contribution in [-0.2, 0) is 16.9 Å². The SMILES string of the molecule is O=C=NC1(c2ccc3c(c2)c2ccccc2n3CC2CC2)CC1. The second kappa shape index (κ2) is 4.56. The van der Waals surface area contributed by atoms with Crippen molar-refractivity contribution in [3.05, 3.63) is 48.0 Å². The third kappa shape index (κ3) is 1.97. The Balaban J connectivity index is 1.76. The predicted molar refractivity (Wildman–Crippen MR) is 91.2 cm³/mol. The molecular weight excluding hydrogens is 284 g/mol. The first kappa shape index (κ1) is 13.1. The number of isocyanates is 1. The van der Waals surface area contributed by atoms with Crippen molar-refractivity contribution < 1.29 is 4.79 Å². The van der Waals surface area contributed by atoms with Crippen molar-refractivity contribution in [2.75, 3.05) is 0 Å². The number of nitrogens with zero attached hydrogens (tertiary/aromatic N) is 2. The lowest BCUT2D eigenvalue weighted by atomic mass is 10.0. The van der Waals surface area contributed by atoms with Crippen LogP contribution >= 0.6 is 0 Å². The fraction of sp³-hybridized carbons (Fsp3) is 0.350. The standard InChI is InChI=1S/C20H18N2O/c23-13-21-20(9-10-20)15-7-8-19-17(11-15)16-3-1-2-4-18(16)22(19)12-14-5-6-14/h1-4,7-8,11,14H,5-6,9-10,12H2. The highest BCUT2D eigenvalue weighted by Crippen LogP contribution is 2.50. The lowest BCUT2D eigenvalue weighted by molar-refractivity contribution is 0.556. The molecule has 2 aliphatic rings.